The molecule has 2 aromatic rings. The molecule has 1 N–H and O–H groups in total. The van der Waals surface area contributed by atoms with Crippen LogP contribution in [0, 0.1) is 0 Å². The van der Waals surface area contributed by atoms with Crippen LogP contribution < -0.4 is 0 Å². The van der Waals surface area contributed by atoms with E-state index in [1.165, 1.54) is 5.56 Å². The molecular formula is C16H16ClNO2. The van der Waals surface area contributed by atoms with Crippen LogP contribution in [0.5, 0.6) is 0 Å². The fourth-order valence-corrected chi connectivity index (χ4v) is 3.18. The van der Waals surface area contributed by atoms with Crippen LogP contribution in [0.1, 0.15) is 36.1 Å². The molecule has 1 aliphatic rings. The SMILES string of the molecule is O=C(O)CCc1c2c(nc3ccc(Cl)cc13)CCCC2. The molecule has 0 atom stereocenters. The largest absolute Gasteiger partial charge is 0.481 e. The summed E-state index contributed by atoms with van der Waals surface area (Å²) in [7, 11) is 0. The van der Waals surface area contributed by atoms with Gasteiger partial charge in [0.1, 0.15) is 0 Å². The molecule has 3 nitrogen and oxygen atoms in total. The van der Waals surface area contributed by atoms with Crippen LogP contribution in [-0.4, -0.2) is 16.1 Å². The van der Waals surface area contributed by atoms with Gasteiger partial charge >= 0.3 is 5.97 Å². The number of hydrogen-bond donors (Lipinski definition) is 1. The molecular weight excluding hydrogens is 274 g/mol. The standard InChI is InChI=1S/C16H16ClNO2/c17-10-5-7-15-13(9-10)11(6-8-16(19)20)12-3-1-2-4-14(12)18-15/h5,7,9H,1-4,6,8H2,(H,19,20). The number of aryl methyl sites for hydroxylation is 2. The van der Waals surface area contributed by atoms with Crippen molar-refractivity contribution in [1.29, 1.82) is 0 Å². The first kappa shape index (κ1) is 13.4. The van der Waals surface area contributed by atoms with Crippen LogP contribution in [0.2, 0.25) is 5.02 Å². The number of carboxylic acids is 1. The second-order valence-electron chi connectivity index (χ2n) is 5.28. The third-order valence-corrected chi connectivity index (χ3v) is 4.17. The third kappa shape index (κ3) is 2.50. The zero-order valence-electron chi connectivity index (χ0n) is 11.2. The predicted octanol–water partition coefficient (Wildman–Crippen LogP) is 3.78. The van der Waals surface area contributed by atoms with Crippen molar-refractivity contribution in [3.8, 4) is 0 Å². The summed E-state index contributed by atoms with van der Waals surface area (Å²) in [6.07, 6.45) is 5.01. The fraction of sp³-hybridized carbons (Fsp3) is 0.375. The minimum absolute atomic E-state index is 0.151. The van der Waals surface area contributed by atoms with Gasteiger partial charge in [-0.1, -0.05) is 11.6 Å². The molecule has 0 amide bonds. The second-order valence-corrected chi connectivity index (χ2v) is 5.71. The second kappa shape index (κ2) is 5.41. The van der Waals surface area contributed by atoms with E-state index in [1.807, 2.05) is 18.2 Å². The Morgan fingerprint density at radius 1 is 1.30 bits per heavy atom. The van der Waals surface area contributed by atoms with E-state index in [4.69, 9.17) is 21.7 Å². The first-order chi connectivity index (χ1) is 9.65. The monoisotopic (exact) mass is 289 g/mol. The first-order valence-corrected chi connectivity index (χ1v) is 7.34. The van der Waals surface area contributed by atoms with E-state index in [1.54, 1.807) is 0 Å². The smallest absolute Gasteiger partial charge is 0.303 e. The molecule has 0 bridgehead atoms. The van der Waals surface area contributed by atoms with Crippen molar-refractivity contribution in [2.24, 2.45) is 0 Å². The van der Waals surface area contributed by atoms with Gasteiger partial charge in [0.2, 0.25) is 0 Å². The van der Waals surface area contributed by atoms with Gasteiger partial charge in [-0.25, -0.2) is 0 Å². The van der Waals surface area contributed by atoms with Crippen molar-refractivity contribution < 1.29 is 9.90 Å². The summed E-state index contributed by atoms with van der Waals surface area (Å²) in [6.45, 7) is 0. The molecule has 0 unspecified atom stereocenters. The average Bonchev–Trinajstić information content (AvgIpc) is 2.43. The van der Waals surface area contributed by atoms with Crippen LogP contribution in [0.15, 0.2) is 18.2 Å². The van der Waals surface area contributed by atoms with E-state index in [2.05, 4.69) is 0 Å². The molecule has 0 spiro atoms. The number of pyridine rings is 1. The van der Waals surface area contributed by atoms with E-state index in [-0.39, 0.29) is 6.42 Å². The summed E-state index contributed by atoms with van der Waals surface area (Å²) in [5.74, 6) is -0.762. The van der Waals surface area contributed by atoms with Crippen LogP contribution in [0.3, 0.4) is 0 Å². The Labute approximate surface area is 122 Å². The van der Waals surface area contributed by atoms with Crippen molar-refractivity contribution in [2.75, 3.05) is 0 Å². The number of halogens is 1. The maximum absolute atomic E-state index is 10.9. The Morgan fingerprint density at radius 3 is 2.90 bits per heavy atom. The van der Waals surface area contributed by atoms with Crippen LogP contribution in [0.4, 0.5) is 0 Å². The normalized spacial score (nSPS) is 14.2. The highest BCUT2D eigenvalue weighted by Gasteiger charge is 2.18. The van der Waals surface area contributed by atoms with E-state index < -0.39 is 5.97 Å². The van der Waals surface area contributed by atoms with Crippen LogP contribution in [-0.2, 0) is 24.1 Å². The molecule has 104 valence electrons. The molecule has 0 aliphatic heterocycles. The number of benzene rings is 1. The van der Waals surface area contributed by atoms with E-state index in [0.29, 0.717) is 11.4 Å². The topological polar surface area (TPSA) is 50.2 Å². The molecule has 1 aromatic carbocycles. The number of rotatable bonds is 3. The highest BCUT2D eigenvalue weighted by atomic mass is 35.5. The van der Waals surface area contributed by atoms with Crippen molar-refractivity contribution in [1.82, 2.24) is 4.98 Å². The van der Waals surface area contributed by atoms with Gasteiger partial charge in [0.15, 0.2) is 0 Å². The Morgan fingerprint density at radius 2 is 2.10 bits per heavy atom. The number of carbonyl (C=O) groups is 1. The lowest BCUT2D eigenvalue weighted by Crippen LogP contribution is -2.11. The lowest BCUT2D eigenvalue weighted by molar-refractivity contribution is -0.136. The summed E-state index contributed by atoms with van der Waals surface area (Å²) in [4.78, 5) is 15.6. The Balaban J connectivity index is 2.19. The van der Waals surface area contributed by atoms with Gasteiger partial charge in [0.05, 0.1) is 5.52 Å². The number of hydrogen-bond acceptors (Lipinski definition) is 2. The van der Waals surface area contributed by atoms with Crippen molar-refractivity contribution in [2.45, 2.75) is 38.5 Å². The van der Waals surface area contributed by atoms with Gasteiger partial charge in [0.25, 0.3) is 0 Å². The third-order valence-electron chi connectivity index (χ3n) is 3.93. The molecule has 1 heterocycles. The quantitative estimate of drug-likeness (QED) is 0.935. The summed E-state index contributed by atoms with van der Waals surface area (Å²) in [5, 5.41) is 10.6. The molecule has 0 saturated carbocycles. The number of carboxylic acid groups (broad SMARTS) is 1. The number of fused-ring (bicyclic) bond motifs is 2. The van der Waals surface area contributed by atoms with Gasteiger partial charge in [-0.3, -0.25) is 9.78 Å². The fourth-order valence-electron chi connectivity index (χ4n) is 3.01. The van der Waals surface area contributed by atoms with Crippen molar-refractivity contribution in [3.05, 3.63) is 40.0 Å². The minimum Gasteiger partial charge on any atom is -0.481 e. The predicted molar refractivity (Wildman–Crippen MR) is 79.4 cm³/mol. The van der Waals surface area contributed by atoms with E-state index in [9.17, 15) is 4.79 Å². The minimum atomic E-state index is -0.762. The molecule has 1 aromatic heterocycles. The van der Waals surface area contributed by atoms with Gasteiger partial charge in [0, 0.05) is 22.5 Å². The summed E-state index contributed by atoms with van der Waals surface area (Å²) < 4.78 is 0. The molecule has 0 radical (unpaired) electrons. The maximum Gasteiger partial charge on any atom is 0.303 e. The maximum atomic E-state index is 10.9. The zero-order valence-corrected chi connectivity index (χ0v) is 11.9. The van der Waals surface area contributed by atoms with Gasteiger partial charge in [-0.05, 0) is 61.4 Å². The van der Waals surface area contributed by atoms with Gasteiger partial charge in [-0.2, -0.15) is 0 Å². The molecule has 0 saturated heterocycles. The molecule has 0 fully saturated rings. The lowest BCUT2D eigenvalue weighted by Gasteiger charge is -2.20. The van der Waals surface area contributed by atoms with Gasteiger partial charge in [-0.15, -0.1) is 0 Å². The highest BCUT2D eigenvalue weighted by molar-refractivity contribution is 6.31. The number of aromatic nitrogens is 1. The Hall–Kier alpha value is -1.61. The molecule has 1 aliphatic carbocycles. The summed E-state index contributed by atoms with van der Waals surface area (Å²) in [5.41, 5.74) is 4.46. The summed E-state index contributed by atoms with van der Waals surface area (Å²) in [6, 6.07) is 5.68. The number of nitrogens with zero attached hydrogens (tertiary/aromatic N) is 1. The summed E-state index contributed by atoms with van der Waals surface area (Å²) >= 11 is 6.09. The number of aliphatic carboxylic acids is 1. The Bertz CT molecular complexity index is 682. The van der Waals surface area contributed by atoms with Crippen LogP contribution in [0.25, 0.3) is 10.9 Å². The van der Waals surface area contributed by atoms with Crippen LogP contribution >= 0.6 is 11.6 Å². The average molecular weight is 290 g/mol. The van der Waals surface area contributed by atoms with Crippen molar-refractivity contribution in [3.63, 3.8) is 0 Å². The van der Waals surface area contributed by atoms with E-state index >= 15 is 0 Å². The van der Waals surface area contributed by atoms with Crippen molar-refractivity contribution >= 4 is 28.5 Å². The lowest BCUT2D eigenvalue weighted by atomic mass is 9.88. The highest BCUT2D eigenvalue weighted by Crippen LogP contribution is 2.31. The van der Waals surface area contributed by atoms with E-state index in [0.717, 1.165) is 47.8 Å². The van der Waals surface area contributed by atoms with Gasteiger partial charge < -0.3 is 5.11 Å². The molecule has 4 heteroatoms. The molecule has 20 heavy (non-hydrogen) atoms. The molecule has 3 rings (SSSR count). The first-order valence-electron chi connectivity index (χ1n) is 6.97. The Kier molecular flexibility index (Phi) is 3.62. The zero-order chi connectivity index (χ0) is 14.1.